The molecule has 1 aromatic carbocycles. The second-order valence-electron chi connectivity index (χ2n) is 6.57. The second kappa shape index (κ2) is 6.92. The van der Waals surface area contributed by atoms with Crippen LogP contribution in [0.15, 0.2) is 42.0 Å². The lowest BCUT2D eigenvalue weighted by molar-refractivity contribution is 0.0947. The largest absolute Gasteiger partial charge is 0.366 e. The molecule has 7 heteroatoms. The van der Waals surface area contributed by atoms with Crippen molar-refractivity contribution in [2.75, 3.05) is 18.0 Å². The summed E-state index contributed by atoms with van der Waals surface area (Å²) in [5.74, 6) is -0.129. The number of hydrogen-bond acceptors (Lipinski definition) is 5. The maximum atomic E-state index is 12.5. The lowest BCUT2D eigenvalue weighted by Gasteiger charge is -2.27. The van der Waals surface area contributed by atoms with Crippen LogP contribution in [-0.2, 0) is 13.5 Å². The van der Waals surface area contributed by atoms with Gasteiger partial charge in [0.2, 0.25) is 0 Å². The fourth-order valence-corrected chi connectivity index (χ4v) is 4.08. The first-order valence-corrected chi connectivity index (χ1v) is 9.57. The van der Waals surface area contributed by atoms with Gasteiger partial charge in [0.25, 0.3) is 5.91 Å². The molecule has 0 aliphatic carbocycles. The minimum absolute atomic E-state index is 0.129. The minimum atomic E-state index is -0.129. The van der Waals surface area contributed by atoms with Crippen molar-refractivity contribution >= 4 is 22.9 Å². The van der Waals surface area contributed by atoms with Gasteiger partial charge in [-0.05, 0) is 25.0 Å². The van der Waals surface area contributed by atoms with Crippen molar-refractivity contribution in [3.63, 3.8) is 0 Å². The number of aromatic nitrogens is 3. The number of carbonyl (C=O) groups is 1. The zero-order chi connectivity index (χ0) is 18.1. The molecular weight excluding hydrogens is 346 g/mol. The van der Waals surface area contributed by atoms with E-state index in [0.717, 1.165) is 23.5 Å². The Kier molecular flexibility index (Phi) is 4.46. The Hall–Kier alpha value is -2.67. The highest BCUT2D eigenvalue weighted by Gasteiger charge is 2.23. The lowest BCUT2D eigenvalue weighted by atomic mass is 10.2. The molecule has 0 saturated carbocycles. The molecule has 3 heterocycles. The normalized spacial score (nSPS) is 14.3. The van der Waals surface area contributed by atoms with Crippen LogP contribution in [0.1, 0.15) is 23.0 Å². The summed E-state index contributed by atoms with van der Waals surface area (Å²) in [4.78, 5) is 19.3. The van der Waals surface area contributed by atoms with Crippen LogP contribution >= 0.6 is 11.3 Å². The van der Waals surface area contributed by atoms with Gasteiger partial charge in [0.1, 0.15) is 10.7 Å². The van der Waals surface area contributed by atoms with Crippen LogP contribution in [0.25, 0.3) is 10.6 Å². The molecule has 2 aromatic heterocycles. The standard InChI is InChI=1S/C19H21N5OS/c1-13(24-8-7-14-5-3-4-6-17(14)24)9-20-18(25)16-12-26-19(22-16)15-10-21-23(2)11-15/h3-6,10-13H,7-9H2,1-2H3,(H,20,25)/t13-/m1/s1. The van der Waals surface area contributed by atoms with E-state index in [0.29, 0.717) is 12.2 Å². The van der Waals surface area contributed by atoms with Gasteiger partial charge >= 0.3 is 0 Å². The van der Waals surface area contributed by atoms with Gasteiger partial charge in [0.15, 0.2) is 0 Å². The number of carbonyl (C=O) groups excluding carboxylic acids is 1. The van der Waals surface area contributed by atoms with Gasteiger partial charge < -0.3 is 10.2 Å². The number of benzene rings is 1. The van der Waals surface area contributed by atoms with Gasteiger partial charge in [-0.15, -0.1) is 11.3 Å². The molecule has 1 atom stereocenters. The van der Waals surface area contributed by atoms with Crippen molar-refractivity contribution < 1.29 is 4.79 Å². The van der Waals surface area contributed by atoms with Crippen molar-refractivity contribution in [1.82, 2.24) is 20.1 Å². The van der Waals surface area contributed by atoms with Crippen molar-refractivity contribution in [2.45, 2.75) is 19.4 Å². The number of aryl methyl sites for hydroxylation is 1. The first-order chi connectivity index (χ1) is 12.6. The number of amides is 1. The smallest absolute Gasteiger partial charge is 0.270 e. The van der Waals surface area contributed by atoms with Crippen LogP contribution in [0.5, 0.6) is 0 Å². The summed E-state index contributed by atoms with van der Waals surface area (Å²) in [5, 5.41) is 9.77. The van der Waals surface area contributed by atoms with Gasteiger partial charge in [0, 0.05) is 49.0 Å². The van der Waals surface area contributed by atoms with Crippen LogP contribution in [0.2, 0.25) is 0 Å². The summed E-state index contributed by atoms with van der Waals surface area (Å²) in [5.41, 5.74) is 4.05. The Morgan fingerprint density at radius 1 is 1.38 bits per heavy atom. The van der Waals surface area contributed by atoms with Gasteiger partial charge in [-0.2, -0.15) is 5.10 Å². The molecule has 26 heavy (non-hydrogen) atoms. The van der Waals surface area contributed by atoms with E-state index in [1.54, 1.807) is 16.3 Å². The van der Waals surface area contributed by atoms with Gasteiger partial charge in [0.05, 0.1) is 6.20 Å². The number of hydrogen-bond donors (Lipinski definition) is 1. The predicted molar refractivity (Wildman–Crippen MR) is 104 cm³/mol. The Morgan fingerprint density at radius 2 is 2.23 bits per heavy atom. The van der Waals surface area contributed by atoms with Gasteiger partial charge in [-0.3, -0.25) is 9.48 Å². The Labute approximate surface area is 156 Å². The molecule has 1 amide bonds. The summed E-state index contributed by atoms with van der Waals surface area (Å²) >= 11 is 1.46. The predicted octanol–water partition coefficient (Wildman–Crippen LogP) is 2.72. The summed E-state index contributed by atoms with van der Waals surface area (Å²) in [6, 6.07) is 8.71. The third-order valence-corrected chi connectivity index (χ3v) is 5.59. The second-order valence-corrected chi connectivity index (χ2v) is 7.43. The summed E-state index contributed by atoms with van der Waals surface area (Å²) in [6.07, 6.45) is 4.72. The molecule has 0 radical (unpaired) electrons. The average Bonchev–Trinajstić information content (AvgIpc) is 3.37. The van der Waals surface area contributed by atoms with Crippen molar-refractivity contribution in [3.8, 4) is 10.6 Å². The number of anilines is 1. The van der Waals surface area contributed by atoms with Gasteiger partial charge in [-0.25, -0.2) is 4.98 Å². The third kappa shape index (κ3) is 3.22. The van der Waals surface area contributed by atoms with E-state index in [9.17, 15) is 4.79 Å². The Balaban J connectivity index is 1.38. The molecule has 134 valence electrons. The SMILES string of the molecule is C[C@H](CNC(=O)c1csc(-c2cnn(C)c2)n1)N1CCc2ccccc21. The first-order valence-electron chi connectivity index (χ1n) is 8.69. The average molecular weight is 367 g/mol. The molecule has 1 aliphatic rings. The number of para-hydroxylation sites is 1. The Bertz CT molecular complexity index is 931. The van der Waals surface area contributed by atoms with Crippen LogP contribution in [0.4, 0.5) is 5.69 Å². The van der Waals surface area contributed by atoms with Crippen molar-refractivity contribution in [1.29, 1.82) is 0 Å². The molecule has 0 saturated heterocycles. The molecule has 4 rings (SSSR count). The zero-order valence-electron chi connectivity index (χ0n) is 14.8. The van der Waals surface area contributed by atoms with E-state index in [1.807, 2.05) is 13.2 Å². The third-order valence-electron chi connectivity index (χ3n) is 4.70. The number of nitrogens with one attached hydrogen (secondary N) is 1. The topological polar surface area (TPSA) is 63.1 Å². The summed E-state index contributed by atoms with van der Waals surface area (Å²) in [7, 11) is 1.86. The molecule has 0 unspecified atom stereocenters. The zero-order valence-corrected chi connectivity index (χ0v) is 15.7. The molecule has 1 aliphatic heterocycles. The molecular formula is C19H21N5OS. The van der Waals surface area contributed by atoms with E-state index in [2.05, 4.69) is 51.5 Å². The highest BCUT2D eigenvalue weighted by atomic mass is 32.1. The van der Waals surface area contributed by atoms with E-state index in [4.69, 9.17) is 0 Å². The molecule has 0 spiro atoms. The first kappa shape index (κ1) is 16.8. The van der Waals surface area contributed by atoms with E-state index < -0.39 is 0 Å². The Morgan fingerprint density at radius 3 is 3.04 bits per heavy atom. The molecule has 0 bridgehead atoms. The monoisotopic (exact) mass is 367 g/mol. The summed E-state index contributed by atoms with van der Waals surface area (Å²) < 4.78 is 1.73. The molecule has 0 fully saturated rings. The molecule has 3 aromatic rings. The minimum Gasteiger partial charge on any atom is -0.366 e. The summed E-state index contributed by atoms with van der Waals surface area (Å²) in [6.45, 7) is 3.73. The lowest BCUT2D eigenvalue weighted by Crippen LogP contribution is -2.41. The highest BCUT2D eigenvalue weighted by molar-refractivity contribution is 7.13. The fourth-order valence-electron chi connectivity index (χ4n) is 3.31. The molecule has 1 N–H and O–H groups in total. The number of nitrogens with zero attached hydrogens (tertiary/aromatic N) is 4. The number of thiazole rings is 1. The quantitative estimate of drug-likeness (QED) is 0.753. The maximum absolute atomic E-state index is 12.5. The van der Waals surface area contributed by atoms with Crippen molar-refractivity contribution in [3.05, 3.63) is 53.3 Å². The van der Waals surface area contributed by atoms with Crippen LogP contribution in [-0.4, -0.2) is 39.8 Å². The van der Waals surface area contributed by atoms with E-state index >= 15 is 0 Å². The number of fused-ring (bicyclic) bond motifs is 1. The van der Waals surface area contributed by atoms with Gasteiger partial charge in [-0.1, -0.05) is 18.2 Å². The van der Waals surface area contributed by atoms with Crippen LogP contribution in [0, 0.1) is 0 Å². The molecule has 6 nitrogen and oxygen atoms in total. The maximum Gasteiger partial charge on any atom is 0.270 e. The van der Waals surface area contributed by atoms with E-state index in [1.165, 1.54) is 22.6 Å². The van der Waals surface area contributed by atoms with Crippen LogP contribution < -0.4 is 10.2 Å². The van der Waals surface area contributed by atoms with E-state index in [-0.39, 0.29) is 11.9 Å². The highest BCUT2D eigenvalue weighted by Crippen LogP contribution is 2.29. The van der Waals surface area contributed by atoms with Crippen LogP contribution in [0.3, 0.4) is 0 Å². The fraction of sp³-hybridized carbons (Fsp3) is 0.316. The number of rotatable bonds is 5. The van der Waals surface area contributed by atoms with Crippen molar-refractivity contribution in [2.24, 2.45) is 7.05 Å².